The van der Waals surface area contributed by atoms with E-state index in [1.807, 2.05) is 6.26 Å². The monoisotopic (exact) mass is 313 g/mol. The summed E-state index contributed by atoms with van der Waals surface area (Å²) in [6.07, 6.45) is 7.23. The molecule has 118 valence electrons. The Morgan fingerprint density at radius 2 is 1.81 bits per heavy atom. The largest absolute Gasteiger partial charge is 0.493 e. The second-order valence-electron chi connectivity index (χ2n) is 5.55. The fraction of sp³-hybridized carbons (Fsp3) is 0.625. The lowest BCUT2D eigenvalue weighted by Gasteiger charge is -2.38. The van der Waals surface area contributed by atoms with Gasteiger partial charge in [0.2, 0.25) is 0 Å². The van der Waals surface area contributed by atoms with E-state index in [2.05, 4.69) is 0 Å². The summed E-state index contributed by atoms with van der Waals surface area (Å²) in [5, 5.41) is 0. The van der Waals surface area contributed by atoms with Crippen molar-refractivity contribution < 1.29 is 13.9 Å². The number of ether oxygens (including phenoxy) is 2. The third-order valence-corrected chi connectivity index (χ3v) is 5.32. The van der Waals surface area contributed by atoms with Crippen LogP contribution in [0.5, 0.6) is 11.5 Å². The van der Waals surface area contributed by atoms with Crippen molar-refractivity contribution in [2.45, 2.75) is 42.4 Å². The molecule has 1 aromatic rings. The molecule has 1 aromatic carbocycles. The number of rotatable bonds is 5. The third-order valence-electron chi connectivity index (χ3n) is 4.53. The molecule has 0 bridgehead atoms. The van der Waals surface area contributed by atoms with Crippen LogP contribution in [0, 0.1) is 5.82 Å². The molecule has 5 heteroatoms. The number of halogens is 1. The Kier molecular flexibility index (Phi) is 5.38. The zero-order valence-corrected chi connectivity index (χ0v) is 13.8. The van der Waals surface area contributed by atoms with E-state index in [-0.39, 0.29) is 11.2 Å². The van der Waals surface area contributed by atoms with Gasteiger partial charge in [-0.05, 0) is 25.2 Å². The number of hydrogen-bond donors (Lipinski definition) is 1. The van der Waals surface area contributed by atoms with Gasteiger partial charge in [-0.3, -0.25) is 0 Å². The molecule has 2 N–H and O–H groups in total. The Morgan fingerprint density at radius 3 is 2.29 bits per heavy atom. The van der Waals surface area contributed by atoms with Gasteiger partial charge >= 0.3 is 0 Å². The van der Waals surface area contributed by atoms with E-state index >= 15 is 0 Å². The first kappa shape index (κ1) is 16.4. The van der Waals surface area contributed by atoms with Crippen LogP contribution in [0.15, 0.2) is 11.0 Å². The number of methoxy groups -OCH3 is 2. The zero-order chi connectivity index (χ0) is 15.5. The Labute approximate surface area is 130 Å². The van der Waals surface area contributed by atoms with Crippen molar-refractivity contribution in [3.05, 3.63) is 17.4 Å². The van der Waals surface area contributed by atoms with Crippen molar-refractivity contribution >= 4 is 11.8 Å². The van der Waals surface area contributed by atoms with E-state index in [0.29, 0.717) is 22.9 Å². The van der Waals surface area contributed by atoms with Crippen LogP contribution in [0.3, 0.4) is 0 Å². The SMILES string of the molecule is COc1c(C2(CN)CCCCC2)cc(F)c(SC)c1OC. The van der Waals surface area contributed by atoms with Crippen LogP contribution in [-0.2, 0) is 5.41 Å². The Morgan fingerprint density at radius 1 is 1.19 bits per heavy atom. The smallest absolute Gasteiger partial charge is 0.177 e. The van der Waals surface area contributed by atoms with Crippen molar-refractivity contribution in [2.24, 2.45) is 5.73 Å². The highest BCUT2D eigenvalue weighted by Crippen LogP contribution is 2.49. The van der Waals surface area contributed by atoms with E-state index < -0.39 is 0 Å². The Balaban J connectivity index is 2.64. The number of hydrogen-bond acceptors (Lipinski definition) is 4. The highest BCUT2D eigenvalue weighted by molar-refractivity contribution is 7.98. The summed E-state index contributed by atoms with van der Waals surface area (Å²) < 4.78 is 25.5. The van der Waals surface area contributed by atoms with Gasteiger partial charge in [0, 0.05) is 17.5 Å². The highest BCUT2D eigenvalue weighted by Gasteiger charge is 2.37. The second kappa shape index (κ2) is 6.88. The van der Waals surface area contributed by atoms with Crippen LogP contribution in [0.25, 0.3) is 0 Å². The molecule has 0 heterocycles. The van der Waals surface area contributed by atoms with Crippen LogP contribution in [0.1, 0.15) is 37.7 Å². The second-order valence-corrected chi connectivity index (χ2v) is 6.37. The summed E-state index contributed by atoms with van der Waals surface area (Å²) in [6.45, 7) is 0.505. The van der Waals surface area contributed by atoms with Gasteiger partial charge in [0.15, 0.2) is 11.5 Å². The molecule has 2 rings (SSSR count). The molecule has 21 heavy (non-hydrogen) atoms. The number of nitrogens with two attached hydrogens (primary N) is 1. The fourth-order valence-electron chi connectivity index (χ4n) is 3.38. The maximum atomic E-state index is 14.5. The van der Waals surface area contributed by atoms with Crippen LogP contribution in [0.4, 0.5) is 4.39 Å². The van der Waals surface area contributed by atoms with E-state index in [1.54, 1.807) is 20.3 Å². The van der Waals surface area contributed by atoms with Crippen molar-refractivity contribution in [2.75, 3.05) is 27.0 Å². The molecule has 1 fully saturated rings. The number of benzene rings is 1. The van der Waals surface area contributed by atoms with Gasteiger partial charge in [-0.15, -0.1) is 11.8 Å². The van der Waals surface area contributed by atoms with E-state index in [4.69, 9.17) is 15.2 Å². The fourth-order valence-corrected chi connectivity index (χ4v) is 3.99. The maximum Gasteiger partial charge on any atom is 0.177 e. The molecule has 1 aliphatic rings. The molecule has 0 aromatic heterocycles. The van der Waals surface area contributed by atoms with Gasteiger partial charge in [0.25, 0.3) is 0 Å². The van der Waals surface area contributed by atoms with E-state index in [0.717, 1.165) is 31.2 Å². The van der Waals surface area contributed by atoms with Gasteiger partial charge < -0.3 is 15.2 Å². The Hall–Kier alpha value is -0.940. The first-order valence-corrected chi connectivity index (χ1v) is 8.55. The molecule has 0 saturated heterocycles. The topological polar surface area (TPSA) is 44.5 Å². The molecular weight excluding hydrogens is 289 g/mol. The average molecular weight is 313 g/mol. The van der Waals surface area contributed by atoms with Gasteiger partial charge in [-0.25, -0.2) is 4.39 Å². The number of thioether (sulfide) groups is 1. The molecule has 0 spiro atoms. The van der Waals surface area contributed by atoms with Gasteiger partial charge in [0.1, 0.15) is 5.82 Å². The van der Waals surface area contributed by atoms with Crippen LogP contribution in [0.2, 0.25) is 0 Å². The highest BCUT2D eigenvalue weighted by atomic mass is 32.2. The van der Waals surface area contributed by atoms with Gasteiger partial charge in [-0.2, -0.15) is 0 Å². The van der Waals surface area contributed by atoms with Crippen molar-refractivity contribution in [1.82, 2.24) is 0 Å². The first-order chi connectivity index (χ1) is 10.1. The van der Waals surface area contributed by atoms with E-state index in [9.17, 15) is 4.39 Å². The van der Waals surface area contributed by atoms with Crippen LogP contribution in [-0.4, -0.2) is 27.0 Å². The average Bonchev–Trinajstić information content (AvgIpc) is 2.54. The predicted molar refractivity (Wildman–Crippen MR) is 85.1 cm³/mol. The summed E-state index contributed by atoms with van der Waals surface area (Å²) in [5.41, 5.74) is 6.74. The summed E-state index contributed by atoms with van der Waals surface area (Å²) in [5.74, 6) is 0.863. The molecule has 1 saturated carbocycles. The minimum absolute atomic E-state index is 0.200. The maximum absolute atomic E-state index is 14.5. The zero-order valence-electron chi connectivity index (χ0n) is 13.0. The summed E-state index contributed by atoms with van der Waals surface area (Å²) in [4.78, 5) is 0.487. The molecular formula is C16H24FNO2S. The lowest BCUT2D eigenvalue weighted by molar-refractivity contribution is 0.277. The quantitative estimate of drug-likeness (QED) is 0.841. The molecule has 0 amide bonds. The third kappa shape index (κ3) is 2.86. The lowest BCUT2D eigenvalue weighted by Crippen LogP contribution is -2.37. The predicted octanol–water partition coefficient (Wildman–Crippen LogP) is 3.73. The molecule has 3 nitrogen and oxygen atoms in total. The van der Waals surface area contributed by atoms with Crippen molar-refractivity contribution in [1.29, 1.82) is 0 Å². The summed E-state index contributed by atoms with van der Waals surface area (Å²) in [7, 11) is 3.16. The molecule has 0 aliphatic heterocycles. The molecule has 0 unspecified atom stereocenters. The first-order valence-electron chi connectivity index (χ1n) is 7.32. The summed E-state index contributed by atoms with van der Waals surface area (Å²) in [6, 6.07) is 1.60. The summed E-state index contributed by atoms with van der Waals surface area (Å²) >= 11 is 1.33. The van der Waals surface area contributed by atoms with Crippen LogP contribution >= 0.6 is 11.8 Å². The molecule has 0 radical (unpaired) electrons. The van der Waals surface area contributed by atoms with E-state index in [1.165, 1.54) is 18.2 Å². The van der Waals surface area contributed by atoms with Gasteiger partial charge in [0.05, 0.1) is 19.1 Å². The Bertz CT molecular complexity index is 502. The van der Waals surface area contributed by atoms with Gasteiger partial charge in [-0.1, -0.05) is 19.3 Å². The normalized spacial score (nSPS) is 17.6. The lowest BCUT2D eigenvalue weighted by atomic mass is 9.69. The molecule has 0 atom stereocenters. The standard InChI is InChI=1S/C16H24FNO2S/c1-19-13-11(16(10-18)7-5-4-6-8-16)9-12(17)15(21-3)14(13)20-2/h9H,4-8,10,18H2,1-3H3. The minimum Gasteiger partial charge on any atom is -0.493 e. The minimum atomic E-state index is -0.256. The van der Waals surface area contributed by atoms with Crippen molar-refractivity contribution in [3.8, 4) is 11.5 Å². The van der Waals surface area contributed by atoms with Crippen molar-refractivity contribution in [3.63, 3.8) is 0 Å². The molecule has 1 aliphatic carbocycles. The van der Waals surface area contributed by atoms with Crippen LogP contribution < -0.4 is 15.2 Å².